The van der Waals surface area contributed by atoms with Gasteiger partial charge < -0.3 is 10.1 Å². The molecule has 1 aromatic carbocycles. The summed E-state index contributed by atoms with van der Waals surface area (Å²) in [6, 6.07) is 6.18. The van der Waals surface area contributed by atoms with Gasteiger partial charge >= 0.3 is 0 Å². The fraction of sp³-hybridized carbons (Fsp3) is 0.500. The second-order valence-corrected chi connectivity index (χ2v) is 4.70. The van der Waals surface area contributed by atoms with Crippen LogP contribution in [0, 0.1) is 6.92 Å². The zero-order valence-corrected chi connectivity index (χ0v) is 10.5. The maximum atomic E-state index is 5.21. The predicted molar refractivity (Wildman–Crippen MR) is 69.2 cm³/mol. The Morgan fingerprint density at radius 2 is 2.20 bits per heavy atom. The number of thioether (sulfide) groups is 1. The van der Waals surface area contributed by atoms with E-state index in [1.54, 1.807) is 7.11 Å². The Morgan fingerprint density at radius 3 is 2.80 bits per heavy atom. The summed E-state index contributed by atoms with van der Waals surface area (Å²) in [7, 11) is 1.70. The molecule has 2 nitrogen and oxygen atoms in total. The number of benzene rings is 1. The van der Waals surface area contributed by atoms with Crippen molar-refractivity contribution in [1.29, 1.82) is 0 Å². The van der Waals surface area contributed by atoms with Crippen molar-refractivity contribution in [2.75, 3.05) is 30.5 Å². The molecule has 0 heterocycles. The first-order valence-electron chi connectivity index (χ1n) is 5.24. The molecule has 15 heavy (non-hydrogen) atoms. The fourth-order valence-electron chi connectivity index (χ4n) is 1.40. The third-order valence-electron chi connectivity index (χ3n) is 2.17. The van der Waals surface area contributed by atoms with Gasteiger partial charge in [-0.2, -0.15) is 11.8 Å². The maximum absolute atomic E-state index is 5.21. The van der Waals surface area contributed by atoms with Crippen molar-refractivity contribution >= 4 is 17.4 Å². The minimum Gasteiger partial charge on any atom is -0.496 e. The van der Waals surface area contributed by atoms with E-state index in [1.165, 1.54) is 17.0 Å². The number of ether oxygens (including phenoxy) is 1. The summed E-state index contributed by atoms with van der Waals surface area (Å²) in [6.45, 7) is 5.26. The van der Waals surface area contributed by atoms with Gasteiger partial charge in [0.1, 0.15) is 5.75 Å². The molecule has 0 aliphatic rings. The van der Waals surface area contributed by atoms with E-state index < -0.39 is 0 Å². The largest absolute Gasteiger partial charge is 0.496 e. The van der Waals surface area contributed by atoms with Crippen molar-refractivity contribution in [3.8, 4) is 5.75 Å². The van der Waals surface area contributed by atoms with Gasteiger partial charge in [-0.15, -0.1) is 0 Å². The molecule has 0 amide bonds. The minimum absolute atomic E-state index is 0.948. The van der Waals surface area contributed by atoms with Crippen LogP contribution in [0.4, 0.5) is 5.69 Å². The van der Waals surface area contributed by atoms with Gasteiger partial charge in [0, 0.05) is 18.0 Å². The molecule has 1 aromatic rings. The van der Waals surface area contributed by atoms with Gasteiger partial charge in [-0.1, -0.05) is 6.92 Å². The zero-order chi connectivity index (χ0) is 11.1. The lowest BCUT2D eigenvalue weighted by molar-refractivity contribution is 0.412. The number of nitrogens with one attached hydrogen (secondary N) is 1. The smallest absolute Gasteiger partial charge is 0.121 e. The zero-order valence-electron chi connectivity index (χ0n) is 9.67. The summed E-state index contributed by atoms with van der Waals surface area (Å²) in [6.07, 6.45) is 0. The van der Waals surface area contributed by atoms with Crippen molar-refractivity contribution in [2.45, 2.75) is 13.8 Å². The van der Waals surface area contributed by atoms with Crippen LogP contribution >= 0.6 is 11.8 Å². The molecule has 0 unspecified atom stereocenters. The summed E-state index contributed by atoms with van der Waals surface area (Å²) >= 11 is 1.95. The van der Waals surface area contributed by atoms with Gasteiger partial charge in [-0.25, -0.2) is 0 Å². The number of methoxy groups -OCH3 is 1. The Labute approximate surface area is 96.4 Å². The number of anilines is 1. The van der Waals surface area contributed by atoms with Crippen LogP contribution in [0.1, 0.15) is 12.5 Å². The van der Waals surface area contributed by atoms with Crippen molar-refractivity contribution < 1.29 is 4.74 Å². The third kappa shape index (κ3) is 4.04. The molecule has 0 aliphatic heterocycles. The Hall–Kier alpha value is -0.830. The molecule has 0 fully saturated rings. The molecule has 0 radical (unpaired) electrons. The van der Waals surface area contributed by atoms with Crippen molar-refractivity contribution in [3.63, 3.8) is 0 Å². The standard InChI is InChI=1S/C12H19NOS/c1-4-15-8-7-13-11-5-6-12(14-3)10(2)9-11/h5-6,9,13H,4,7-8H2,1-3H3. The van der Waals surface area contributed by atoms with Gasteiger partial charge in [-0.3, -0.25) is 0 Å². The summed E-state index contributed by atoms with van der Waals surface area (Å²) in [5, 5.41) is 3.40. The van der Waals surface area contributed by atoms with Crippen LogP contribution in [0.3, 0.4) is 0 Å². The van der Waals surface area contributed by atoms with E-state index in [0.29, 0.717) is 0 Å². The van der Waals surface area contributed by atoms with E-state index in [2.05, 4.69) is 31.3 Å². The van der Waals surface area contributed by atoms with E-state index in [0.717, 1.165) is 18.0 Å². The van der Waals surface area contributed by atoms with Gasteiger partial charge in [0.15, 0.2) is 0 Å². The maximum Gasteiger partial charge on any atom is 0.121 e. The lowest BCUT2D eigenvalue weighted by Gasteiger charge is -2.09. The molecule has 0 aliphatic carbocycles. The van der Waals surface area contributed by atoms with Gasteiger partial charge in [0.2, 0.25) is 0 Å². The summed E-state index contributed by atoms with van der Waals surface area (Å²) in [5.41, 5.74) is 2.34. The highest BCUT2D eigenvalue weighted by atomic mass is 32.2. The number of rotatable bonds is 6. The Morgan fingerprint density at radius 1 is 1.40 bits per heavy atom. The first-order chi connectivity index (χ1) is 7.27. The minimum atomic E-state index is 0.948. The first-order valence-corrected chi connectivity index (χ1v) is 6.39. The van der Waals surface area contributed by atoms with E-state index >= 15 is 0 Å². The first kappa shape index (κ1) is 12.2. The van der Waals surface area contributed by atoms with Crippen LogP contribution < -0.4 is 10.1 Å². The van der Waals surface area contributed by atoms with Crippen LogP contribution in [0.15, 0.2) is 18.2 Å². The second kappa shape index (κ2) is 6.62. The number of aryl methyl sites for hydroxylation is 1. The molecule has 1 N–H and O–H groups in total. The van der Waals surface area contributed by atoms with E-state index in [-0.39, 0.29) is 0 Å². The fourth-order valence-corrected chi connectivity index (χ4v) is 1.94. The van der Waals surface area contributed by atoms with Crippen molar-refractivity contribution in [3.05, 3.63) is 23.8 Å². The highest BCUT2D eigenvalue weighted by Crippen LogP contribution is 2.21. The quantitative estimate of drug-likeness (QED) is 0.751. The lowest BCUT2D eigenvalue weighted by atomic mass is 10.2. The van der Waals surface area contributed by atoms with E-state index in [1.807, 2.05) is 17.8 Å². The molecular formula is C12H19NOS. The molecule has 1 rings (SSSR count). The van der Waals surface area contributed by atoms with Crippen molar-refractivity contribution in [1.82, 2.24) is 0 Å². The third-order valence-corrected chi connectivity index (χ3v) is 3.08. The average molecular weight is 225 g/mol. The van der Waals surface area contributed by atoms with E-state index in [9.17, 15) is 0 Å². The molecule has 84 valence electrons. The molecule has 0 spiro atoms. The molecule has 0 bridgehead atoms. The highest BCUT2D eigenvalue weighted by molar-refractivity contribution is 7.99. The molecule has 3 heteroatoms. The van der Waals surface area contributed by atoms with Gasteiger partial charge in [-0.05, 0) is 36.4 Å². The molecule has 0 saturated heterocycles. The molecule has 0 saturated carbocycles. The van der Waals surface area contributed by atoms with Gasteiger partial charge in [0.25, 0.3) is 0 Å². The topological polar surface area (TPSA) is 21.3 Å². The highest BCUT2D eigenvalue weighted by Gasteiger charge is 1.98. The van der Waals surface area contributed by atoms with Gasteiger partial charge in [0.05, 0.1) is 7.11 Å². The monoisotopic (exact) mass is 225 g/mol. The van der Waals surface area contributed by atoms with Crippen LogP contribution in [-0.2, 0) is 0 Å². The van der Waals surface area contributed by atoms with E-state index in [4.69, 9.17) is 4.74 Å². The van der Waals surface area contributed by atoms with Crippen LogP contribution in [0.25, 0.3) is 0 Å². The Kier molecular flexibility index (Phi) is 5.40. The Balaban J connectivity index is 2.45. The normalized spacial score (nSPS) is 10.1. The number of hydrogen-bond acceptors (Lipinski definition) is 3. The SMILES string of the molecule is CCSCCNc1ccc(OC)c(C)c1. The molecule has 0 atom stereocenters. The van der Waals surface area contributed by atoms with Crippen LogP contribution in [0.5, 0.6) is 5.75 Å². The second-order valence-electron chi connectivity index (χ2n) is 3.31. The molecular weight excluding hydrogens is 206 g/mol. The number of hydrogen-bond donors (Lipinski definition) is 1. The molecule has 0 aromatic heterocycles. The summed E-state index contributed by atoms with van der Waals surface area (Å²) < 4.78 is 5.21. The summed E-state index contributed by atoms with van der Waals surface area (Å²) in [4.78, 5) is 0. The Bertz CT molecular complexity index is 302. The van der Waals surface area contributed by atoms with Crippen LogP contribution in [0.2, 0.25) is 0 Å². The lowest BCUT2D eigenvalue weighted by Crippen LogP contribution is -2.04. The predicted octanol–water partition coefficient (Wildman–Crippen LogP) is 3.17. The summed E-state index contributed by atoms with van der Waals surface area (Å²) in [5.74, 6) is 3.29. The van der Waals surface area contributed by atoms with Crippen LogP contribution in [-0.4, -0.2) is 25.2 Å². The average Bonchev–Trinajstić information content (AvgIpc) is 2.25. The van der Waals surface area contributed by atoms with Crippen molar-refractivity contribution in [2.24, 2.45) is 0 Å².